The van der Waals surface area contributed by atoms with Gasteiger partial charge in [-0.2, -0.15) is 10.1 Å². The molecule has 0 aliphatic heterocycles. The van der Waals surface area contributed by atoms with E-state index in [1.165, 1.54) is 24.8 Å². The maximum Gasteiger partial charge on any atom is 0.262 e. The monoisotopic (exact) mass is 420 g/mol. The Labute approximate surface area is 178 Å². The molecule has 0 radical (unpaired) electrons. The second-order valence-corrected chi connectivity index (χ2v) is 8.16. The molecule has 1 saturated carbocycles. The molecular weight excluding hydrogens is 398 g/mol. The van der Waals surface area contributed by atoms with E-state index in [1.807, 2.05) is 6.07 Å². The molecule has 0 bridgehead atoms. The molecule has 0 unspecified atom stereocenters. The third kappa shape index (κ3) is 3.65. The zero-order chi connectivity index (χ0) is 21.4. The van der Waals surface area contributed by atoms with Gasteiger partial charge in [0.1, 0.15) is 11.6 Å². The molecule has 4 aromatic rings. The van der Waals surface area contributed by atoms with Crippen molar-refractivity contribution in [2.45, 2.75) is 38.5 Å². The van der Waals surface area contributed by atoms with Crippen LogP contribution in [0.5, 0.6) is 0 Å². The SMILES string of the molecule is C[C@H]1CCCC[C@@H]1c1ccccc1-c1[nH]ncc1-c1nc(-c2cc(F)ccc2F)no1. The molecule has 2 heterocycles. The molecule has 158 valence electrons. The second kappa shape index (κ2) is 8.06. The second-order valence-electron chi connectivity index (χ2n) is 8.16. The van der Waals surface area contributed by atoms with Gasteiger partial charge in [-0.25, -0.2) is 8.78 Å². The highest BCUT2D eigenvalue weighted by Crippen LogP contribution is 2.42. The molecule has 1 aliphatic carbocycles. The zero-order valence-electron chi connectivity index (χ0n) is 17.1. The highest BCUT2D eigenvalue weighted by atomic mass is 19.1. The smallest absolute Gasteiger partial charge is 0.262 e. The molecule has 2 atom stereocenters. The van der Waals surface area contributed by atoms with E-state index >= 15 is 0 Å². The Balaban J connectivity index is 1.55. The Bertz CT molecular complexity index is 1220. The van der Waals surface area contributed by atoms with Crippen LogP contribution in [-0.2, 0) is 0 Å². The van der Waals surface area contributed by atoms with Crippen molar-refractivity contribution in [3.05, 3.63) is 65.9 Å². The predicted octanol–water partition coefficient (Wildman–Crippen LogP) is 6.37. The van der Waals surface area contributed by atoms with E-state index < -0.39 is 11.6 Å². The number of rotatable bonds is 4. The molecular formula is C24H22F2N4O. The average Bonchev–Trinajstić information content (AvgIpc) is 3.45. The first-order valence-corrected chi connectivity index (χ1v) is 10.5. The highest BCUT2D eigenvalue weighted by Gasteiger charge is 2.27. The number of benzene rings is 2. The van der Waals surface area contributed by atoms with Crippen LogP contribution >= 0.6 is 0 Å². The topological polar surface area (TPSA) is 67.6 Å². The Kier molecular flexibility index (Phi) is 5.10. The molecule has 1 fully saturated rings. The van der Waals surface area contributed by atoms with Crippen LogP contribution in [0, 0.1) is 17.6 Å². The van der Waals surface area contributed by atoms with Gasteiger partial charge in [0.05, 0.1) is 23.0 Å². The quantitative estimate of drug-likeness (QED) is 0.417. The van der Waals surface area contributed by atoms with Crippen molar-refractivity contribution >= 4 is 0 Å². The van der Waals surface area contributed by atoms with E-state index in [0.29, 0.717) is 17.4 Å². The lowest BCUT2D eigenvalue weighted by Crippen LogP contribution is -2.15. The first-order chi connectivity index (χ1) is 15.1. The number of H-pyrrole nitrogens is 1. The van der Waals surface area contributed by atoms with Crippen molar-refractivity contribution in [2.24, 2.45) is 5.92 Å². The average molecular weight is 420 g/mol. The number of aromatic amines is 1. The largest absolute Gasteiger partial charge is 0.333 e. The number of halogens is 2. The minimum Gasteiger partial charge on any atom is -0.333 e. The number of hydrogen-bond acceptors (Lipinski definition) is 4. The van der Waals surface area contributed by atoms with Crippen LogP contribution in [0.25, 0.3) is 34.1 Å². The van der Waals surface area contributed by atoms with E-state index in [-0.39, 0.29) is 17.3 Å². The Morgan fingerprint density at radius 3 is 2.71 bits per heavy atom. The maximum atomic E-state index is 14.1. The molecule has 2 aromatic carbocycles. The first-order valence-electron chi connectivity index (χ1n) is 10.5. The fourth-order valence-electron chi connectivity index (χ4n) is 4.59. The van der Waals surface area contributed by atoms with E-state index in [2.05, 4.69) is 45.5 Å². The van der Waals surface area contributed by atoms with Gasteiger partial charge in [0.25, 0.3) is 5.89 Å². The molecule has 2 aromatic heterocycles. The standard InChI is InChI=1S/C24H22F2N4O/c1-14-6-2-3-7-16(14)17-8-4-5-9-18(17)22-20(13-27-29-22)24-28-23(30-31-24)19-12-15(25)10-11-21(19)26/h4-5,8-14,16H,2-3,6-7H2,1H3,(H,27,29)/t14-,16-/m0/s1. The van der Waals surface area contributed by atoms with E-state index in [9.17, 15) is 8.78 Å². The van der Waals surface area contributed by atoms with Gasteiger partial charge >= 0.3 is 0 Å². The molecule has 1 aliphatic rings. The molecule has 5 nitrogen and oxygen atoms in total. The van der Waals surface area contributed by atoms with Gasteiger partial charge in [0, 0.05) is 5.56 Å². The van der Waals surface area contributed by atoms with Crippen LogP contribution < -0.4 is 0 Å². The normalized spacial score (nSPS) is 18.9. The molecule has 31 heavy (non-hydrogen) atoms. The molecule has 7 heteroatoms. The third-order valence-electron chi connectivity index (χ3n) is 6.21. The van der Waals surface area contributed by atoms with Gasteiger partial charge in [-0.15, -0.1) is 0 Å². The van der Waals surface area contributed by atoms with Gasteiger partial charge < -0.3 is 4.52 Å². The molecule has 0 spiro atoms. The number of aromatic nitrogens is 4. The van der Waals surface area contributed by atoms with Crippen LogP contribution in [-0.4, -0.2) is 20.3 Å². The van der Waals surface area contributed by atoms with Gasteiger partial charge in [0.15, 0.2) is 0 Å². The Hall–Kier alpha value is -3.35. The number of nitrogens with one attached hydrogen (secondary N) is 1. The summed E-state index contributed by atoms with van der Waals surface area (Å²) in [5.41, 5.74) is 3.69. The molecule has 5 rings (SSSR count). The first kappa shape index (κ1) is 19.6. The van der Waals surface area contributed by atoms with Gasteiger partial charge in [0.2, 0.25) is 5.82 Å². The minimum atomic E-state index is -0.613. The van der Waals surface area contributed by atoms with E-state index in [0.717, 1.165) is 35.9 Å². The number of nitrogens with zero attached hydrogens (tertiary/aromatic N) is 3. The summed E-state index contributed by atoms with van der Waals surface area (Å²) in [6.45, 7) is 2.31. The van der Waals surface area contributed by atoms with E-state index in [1.54, 1.807) is 6.20 Å². The van der Waals surface area contributed by atoms with Crippen molar-refractivity contribution < 1.29 is 13.3 Å². The summed E-state index contributed by atoms with van der Waals surface area (Å²) in [6, 6.07) is 11.5. The highest BCUT2D eigenvalue weighted by molar-refractivity contribution is 5.79. The van der Waals surface area contributed by atoms with Gasteiger partial charge in [-0.3, -0.25) is 5.10 Å². The van der Waals surface area contributed by atoms with Crippen LogP contribution in [0.15, 0.2) is 53.2 Å². The molecule has 0 saturated heterocycles. The summed E-state index contributed by atoms with van der Waals surface area (Å²) in [5.74, 6) is 0.0929. The summed E-state index contributed by atoms with van der Waals surface area (Å²) >= 11 is 0. The lowest BCUT2D eigenvalue weighted by molar-refractivity contribution is 0.331. The zero-order valence-corrected chi connectivity index (χ0v) is 17.1. The molecule has 0 amide bonds. The lowest BCUT2D eigenvalue weighted by atomic mass is 9.75. The van der Waals surface area contributed by atoms with Crippen LogP contribution in [0.3, 0.4) is 0 Å². The maximum absolute atomic E-state index is 14.1. The van der Waals surface area contributed by atoms with Crippen molar-refractivity contribution in [2.75, 3.05) is 0 Å². The summed E-state index contributed by atoms with van der Waals surface area (Å²) in [6.07, 6.45) is 6.50. The summed E-state index contributed by atoms with van der Waals surface area (Å²) < 4.78 is 33.1. The molecule has 1 N–H and O–H groups in total. The van der Waals surface area contributed by atoms with Gasteiger partial charge in [-0.05, 0) is 42.0 Å². The Morgan fingerprint density at radius 2 is 1.84 bits per heavy atom. The van der Waals surface area contributed by atoms with Crippen molar-refractivity contribution in [1.82, 2.24) is 20.3 Å². The lowest BCUT2D eigenvalue weighted by Gasteiger charge is -2.30. The summed E-state index contributed by atoms with van der Waals surface area (Å²) in [7, 11) is 0. The fourth-order valence-corrected chi connectivity index (χ4v) is 4.59. The van der Waals surface area contributed by atoms with Crippen molar-refractivity contribution in [3.8, 4) is 34.1 Å². The van der Waals surface area contributed by atoms with E-state index in [4.69, 9.17) is 4.52 Å². The number of hydrogen-bond donors (Lipinski definition) is 1. The van der Waals surface area contributed by atoms with Crippen molar-refractivity contribution in [3.63, 3.8) is 0 Å². The summed E-state index contributed by atoms with van der Waals surface area (Å²) in [4.78, 5) is 4.32. The van der Waals surface area contributed by atoms with Gasteiger partial charge in [-0.1, -0.05) is 55.6 Å². The third-order valence-corrected chi connectivity index (χ3v) is 6.21. The minimum absolute atomic E-state index is 0.00617. The Morgan fingerprint density at radius 1 is 1.00 bits per heavy atom. The van der Waals surface area contributed by atoms with Crippen LogP contribution in [0.2, 0.25) is 0 Å². The fraction of sp³-hybridized carbons (Fsp3) is 0.292. The predicted molar refractivity (Wildman–Crippen MR) is 113 cm³/mol. The van der Waals surface area contributed by atoms with Crippen LogP contribution in [0.1, 0.15) is 44.1 Å². The van der Waals surface area contributed by atoms with Crippen LogP contribution in [0.4, 0.5) is 8.78 Å². The summed E-state index contributed by atoms with van der Waals surface area (Å²) in [5, 5.41) is 11.1. The van der Waals surface area contributed by atoms with Crippen molar-refractivity contribution in [1.29, 1.82) is 0 Å².